The van der Waals surface area contributed by atoms with Crippen molar-refractivity contribution in [2.45, 2.75) is 13.8 Å². The van der Waals surface area contributed by atoms with Crippen LogP contribution in [0.3, 0.4) is 0 Å². The predicted molar refractivity (Wildman–Crippen MR) is 58.7 cm³/mol. The van der Waals surface area contributed by atoms with Crippen LogP contribution in [0.4, 0.5) is 11.5 Å². The molecule has 0 aromatic carbocycles. The molecule has 0 bridgehead atoms. The van der Waals surface area contributed by atoms with E-state index in [0.29, 0.717) is 0 Å². The largest absolute Gasteiger partial charge is 0.397 e. The lowest BCUT2D eigenvalue weighted by Gasteiger charge is -2.18. The number of nitrogens with one attached hydrogen (secondary N) is 2. The summed E-state index contributed by atoms with van der Waals surface area (Å²) < 4.78 is 0. The molecule has 78 valence electrons. The summed E-state index contributed by atoms with van der Waals surface area (Å²) in [5, 5.41) is 14.1. The fraction of sp³-hybridized carbons (Fsp3) is 0.500. The Morgan fingerprint density at radius 1 is 1.36 bits per heavy atom. The van der Waals surface area contributed by atoms with E-state index in [-0.39, 0.29) is 6.61 Å². The van der Waals surface area contributed by atoms with Crippen LogP contribution in [-0.2, 0) is 0 Å². The standard InChI is InChI=1S/C8H11N3.C2H6O/c1-6-2-3-7-8(11-6)10-5-4-9-7;1-2-3/h2-3,9H,4-5H2,1H3,(H,10,11);3H,2H2,1H3. The van der Waals surface area contributed by atoms with Gasteiger partial charge in [-0.2, -0.15) is 0 Å². The lowest BCUT2D eigenvalue weighted by atomic mass is 10.3. The Morgan fingerprint density at radius 2 is 2.00 bits per heavy atom. The van der Waals surface area contributed by atoms with Gasteiger partial charge < -0.3 is 15.7 Å². The van der Waals surface area contributed by atoms with Crippen LogP contribution in [-0.4, -0.2) is 29.8 Å². The maximum absolute atomic E-state index is 7.57. The van der Waals surface area contributed by atoms with Crippen molar-refractivity contribution in [3.8, 4) is 0 Å². The summed E-state index contributed by atoms with van der Waals surface area (Å²) in [6.07, 6.45) is 0. The van der Waals surface area contributed by atoms with Gasteiger partial charge in [0.15, 0.2) is 0 Å². The molecule has 0 unspecified atom stereocenters. The Kier molecular flexibility index (Phi) is 4.19. The van der Waals surface area contributed by atoms with Crippen molar-refractivity contribution in [3.05, 3.63) is 17.8 Å². The SMILES string of the molecule is CCO.Cc1ccc2c(n1)NCCN2. The molecule has 3 N–H and O–H groups in total. The molecule has 0 atom stereocenters. The first-order valence-corrected chi connectivity index (χ1v) is 4.84. The molecule has 1 aromatic heterocycles. The summed E-state index contributed by atoms with van der Waals surface area (Å²) in [5.74, 6) is 0.983. The third-order valence-corrected chi connectivity index (χ3v) is 1.77. The van der Waals surface area contributed by atoms with Gasteiger partial charge in [-0.1, -0.05) is 0 Å². The summed E-state index contributed by atoms with van der Waals surface area (Å²) >= 11 is 0. The molecule has 1 aliphatic rings. The lowest BCUT2D eigenvalue weighted by Crippen LogP contribution is -2.21. The number of aliphatic hydroxyl groups is 1. The Morgan fingerprint density at radius 3 is 2.71 bits per heavy atom. The monoisotopic (exact) mass is 195 g/mol. The molecule has 0 saturated heterocycles. The van der Waals surface area contributed by atoms with Crippen molar-refractivity contribution in [1.29, 1.82) is 0 Å². The van der Waals surface area contributed by atoms with Gasteiger partial charge in [0.25, 0.3) is 0 Å². The van der Waals surface area contributed by atoms with Crippen molar-refractivity contribution >= 4 is 11.5 Å². The Labute approximate surface area is 84.4 Å². The second-order valence-electron chi connectivity index (χ2n) is 3.02. The van der Waals surface area contributed by atoms with Crippen LogP contribution in [0.5, 0.6) is 0 Å². The lowest BCUT2D eigenvalue weighted by molar-refractivity contribution is 0.318. The Hall–Kier alpha value is -1.29. The van der Waals surface area contributed by atoms with Crippen molar-refractivity contribution in [2.24, 2.45) is 0 Å². The highest BCUT2D eigenvalue weighted by Crippen LogP contribution is 2.20. The van der Waals surface area contributed by atoms with Crippen LogP contribution in [0.1, 0.15) is 12.6 Å². The topological polar surface area (TPSA) is 57.2 Å². The van der Waals surface area contributed by atoms with Gasteiger partial charge in [-0.15, -0.1) is 0 Å². The van der Waals surface area contributed by atoms with Crippen molar-refractivity contribution in [2.75, 3.05) is 30.3 Å². The Bertz CT molecular complexity index is 289. The number of aliphatic hydroxyl groups excluding tert-OH is 1. The van der Waals surface area contributed by atoms with Gasteiger partial charge in [0.1, 0.15) is 5.82 Å². The second-order valence-corrected chi connectivity index (χ2v) is 3.02. The number of hydrogen-bond donors (Lipinski definition) is 3. The summed E-state index contributed by atoms with van der Waals surface area (Å²) in [7, 11) is 0. The molecule has 14 heavy (non-hydrogen) atoms. The minimum atomic E-state index is 0.250. The molecular weight excluding hydrogens is 178 g/mol. The molecule has 4 heteroatoms. The molecule has 2 rings (SSSR count). The van der Waals surface area contributed by atoms with E-state index in [2.05, 4.69) is 21.7 Å². The van der Waals surface area contributed by atoms with E-state index >= 15 is 0 Å². The highest BCUT2D eigenvalue weighted by Gasteiger charge is 2.07. The third kappa shape index (κ3) is 2.88. The molecule has 1 aliphatic heterocycles. The smallest absolute Gasteiger partial charge is 0.149 e. The molecule has 4 nitrogen and oxygen atoms in total. The first kappa shape index (κ1) is 10.8. The molecule has 0 saturated carbocycles. The summed E-state index contributed by atoms with van der Waals surface area (Å²) in [4.78, 5) is 4.34. The zero-order chi connectivity index (χ0) is 10.4. The van der Waals surface area contributed by atoms with Gasteiger partial charge in [-0.25, -0.2) is 4.98 Å². The molecule has 0 aliphatic carbocycles. The van der Waals surface area contributed by atoms with Gasteiger partial charge in [-0.3, -0.25) is 0 Å². The van der Waals surface area contributed by atoms with Gasteiger partial charge >= 0.3 is 0 Å². The summed E-state index contributed by atoms with van der Waals surface area (Å²) in [5.41, 5.74) is 2.17. The van der Waals surface area contributed by atoms with Crippen molar-refractivity contribution < 1.29 is 5.11 Å². The number of aromatic nitrogens is 1. The number of rotatable bonds is 0. The maximum atomic E-state index is 7.57. The molecule has 0 radical (unpaired) electrons. The minimum Gasteiger partial charge on any atom is -0.397 e. The van der Waals surface area contributed by atoms with Gasteiger partial charge in [0, 0.05) is 25.4 Å². The van der Waals surface area contributed by atoms with E-state index in [1.54, 1.807) is 6.92 Å². The first-order chi connectivity index (χ1) is 6.77. The minimum absolute atomic E-state index is 0.250. The normalized spacial score (nSPS) is 12.8. The number of anilines is 2. The fourth-order valence-electron chi connectivity index (χ4n) is 1.21. The summed E-state index contributed by atoms with van der Waals surface area (Å²) in [6, 6.07) is 4.07. The number of nitrogens with zero attached hydrogens (tertiary/aromatic N) is 1. The molecule has 2 heterocycles. The molecular formula is C10H17N3O. The zero-order valence-corrected chi connectivity index (χ0v) is 8.67. The number of fused-ring (bicyclic) bond motifs is 1. The highest BCUT2D eigenvalue weighted by atomic mass is 16.2. The van der Waals surface area contributed by atoms with E-state index < -0.39 is 0 Å². The molecule has 1 aromatic rings. The molecule has 0 amide bonds. The van der Waals surface area contributed by atoms with E-state index in [4.69, 9.17) is 5.11 Å². The van der Waals surface area contributed by atoms with Gasteiger partial charge in [0.2, 0.25) is 0 Å². The van der Waals surface area contributed by atoms with Crippen molar-refractivity contribution in [1.82, 2.24) is 4.98 Å². The van der Waals surface area contributed by atoms with E-state index in [0.717, 1.165) is 30.3 Å². The quantitative estimate of drug-likeness (QED) is 0.582. The van der Waals surface area contributed by atoms with E-state index in [9.17, 15) is 0 Å². The van der Waals surface area contributed by atoms with Crippen molar-refractivity contribution in [3.63, 3.8) is 0 Å². The van der Waals surface area contributed by atoms with Crippen LogP contribution in [0, 0.1) is 6.92 Å². The van der Waals surface area contributed by atoms with Crippen LogP contribution in [0.25, 0.3) is 0 Å². The van der Waals surface area contributed by atoms with Gasteiger partial charge in [0.05, 0.1) is 5.69 Å². The summed E-state index contributed by atoms with van der Waals surface area (Å²) in [6.45, 7) is 5.87. The second kappa shape index (κ2) is 5.44. The molecule has 0 spiro atoms. The van der Waals surface area contributed by atoms with E-state index in [1.807, 2.05) is 13.0 Å². The number of pyridine rings is 1. The Balaban J connectivity index is 0.000000293. The number of hydrogen-bond acceptors (Lipinski definition) is 4. The maximum Gasteiger partial charge on any atom is 0.149 e. The third-order valence-electron chi connectivity index (χ3n) is 1.77. The van der Waals surface area contributed by atoms with Crippen LogP contribution >= 0.6 is 0 Å². The average molecular weight is 195 g/mol. The van der Waals surface area contributed by atoms with Gasteiger partial charge in [-0.05, 0) is 26.0 Å². The first-order valence-electron chi connectivity index (χ1n) is 4.84. The number of aryl methyl sites for hydroxylation is 1. The predicted octanol–water partition coefficient (Wildman–Crippen LogP) is 1.23. The fourth-order valence-corrected chi connectivity index (χ4v) is 1.21. The van der Waals surface area contributed by atoms with Crippen LogP contribution < -0.4 is 10.6 Å². The van der Waals surface area contributed by atoms with Crippen LogP contribution in [0.2, 0.25) is 0 Å². The van der Waals surface area contributed by atoms with E-state index in [1.165, 1.54) is 0 Å². The highest BCUT2D eigenvalue weighted by molar-refractivity contribution is 5.66. The molecule has 0 fully saturated rings. The zero-order valence-electron chi connectivity index (χ0n) is 8.67. The van der Waals surface area contributed by atoms with Crippen LogP contribution in [0.15, 0.2) is 12.1 Å². The average Bonchev–Trinajstić information content (AvgIpc) is 2.19.